The fraction of sp³-hybridized carbons (Fsp3) is 0.143. The molecule has 0 aromatic rings. The molecule has 1 atom stereocenters. The second kappa shape index (κ2) is 4.61. The van der Waals surface area contributed by atoms with Crippen LogP contribution in [0.4, 0.5) is 0 Å². The van der Waals surface area contributed by atoms with Crippen LogP contribution in [0.3, 0.4) is 0 Å². The number of allylic oxidation sites excluding steroid dienone is 4. The third-order valence-corrected chi connectivity index (χ3v) is 6.15. The van der Waals surface area contributed by atoms with Crippen LogP contribution in [0.1, 0.15) is 0 Å². The summed E-state index contributed by atoms with van der Waals surface area (Å²) in [7, 11) is 0. The molecule has 0 spiro atoms. The van der Waals surface area contributed by atoms with Crippen LogP contribution in [0, 0.1) is 0 Å². The Hall–Kier alpha value is 0.778. The Morgan fingerprint density at radius 1 is 1.50 bits per heavy atom. The van der Waals surface area contributed by atoms with Crippen molar-refractivity contribution in [3.05, 3.63) is 22.7 Å². The van der Waals surface area contributed by atoms with Crippen molar-refractivity contribution in [3.63, 3.8) is 0 Å². The van der Waals surface area contributed by atoms with Gasteiger partial charge in [0.1, 0.15) is 0 Å². The van der Waals surface area contributed by atoms with Crippen molar-refractivity contribution in [2.75, 3.05) is 0 Å². The molecule has 0 aliphatic carbocycles. The van der Waals surface area contributed by atoms with Gasteiger partial charge >= 0.3 is 83.5 Å². The molecular weight excluding hydrogens is 321 g/mol. The van der Waals surface area contributed by atoms with Crippen LogP contribution >= 0.6 is 0 Å². The molecule has 52 valence electrons. The standard InChI is InChI=1S/C7H6Se3/c8-4-6-2-1-3-7(5-9)10-6/h1-6H. The molecule has 1 aliphatic heterocycles. The average molecular weight is 327 g/mol. The number of hydrogen-bond donors (Lipinski definition) is 0. The summed E-state index contributed by atoms with van der Waals surface area (Å²) in [5, 5.41) is 0. The van der Waals surface area contributed by atoms with E-state index in [4.69, 9.17) is 0 Å². The Morgan fingerprint density at radius 3 is 2.90 bits per heavy atom. The molecule has 1 heterocycles. The third-order valence-electron chi connectivity index (χ3n) is 1.08. The van der Waals surface area contributed by atoms with E-state index in [9.17, 15) is 0 Å². The van der Waals surface area contributed by atoms with Gasteiger partial charge in [-0.2, -0.15) is 0 Å². The van der Waals surface area contributed by atoms with Crippen molar-refractivity contribution in [3.8, 4) is 0 Å². The van der Waals surface area contributed by atoms with E-state index in [-0.39, 0.29) is 0 Å². The monoisotopic (exact) mass is 330 g/mol. The molecule has 0 amide bonds. The zero-order valence-corrected chi connectivity index (χ0v) is 10.3. The van der Waals surface area contributed by atoms with Crippen LogP contribution < -0.4 is 0 Å². The second-order valence-electron chi connectivity index (χ2n) is 1.79. The van der Waals surface area contributed by atoms with Gasteiger partial charge in [-0.05, 0) is 0 Å². The Morgan fingerprint density at radius 2 is 2.30 bits per heavy atom. The van der Waals surface area contributed by atoms with E-state index >= 15 is 0 Å². The van der Waals surface area contributed by atoms with Crippen LogP contribution in [0.15, 0.2) is 22.7 Å². The first-order valence-corrected chi connectivity index (χ1v) is 6.65. The molecule has 1 unspecified atom stereocenters. The molecule has 0 nitrogen and oxygen atoms in total. The quantitative estimate of drug-likeness (QED) is 0.620. The van der Waals surface area contributed by atoms with Crippen molar-refractivity contribution in [1.82, 2.24) is 0 Å². The maximum absolute atomic E-state index is 2.95. The first-order chi connectivity index (χ1) is 4.86. The van der Waals surface area contributed by atoms with E-state index < -0.39 is 0 Å². The summed E-state index contributed by atoms with van der Waals surface area (Å²) < 4.78 is 1.44. The average Bonchev–Trinajstić information content (AvgIpc) is 2.05. The Bertz CT molecular complexity index is 203. The van der Waals surface area contributed by atoms with Crippen molar-refractivity contribution in [1.29, 1.82) is 0 Å². The van der Waals surface area contributed by atoms with E-state index in [1.54, 1.807) is 0 Å². The van der Waals surface area contributed by atoms with Gasteiger partial charge in [-0.25, -0.2) is 0 Å². The molecule has 1 rings (SSSR count). The minimum absolute atomic E-state index is 0.589. The summed E-state index contributed by atoms with van der Waals surface area (Å²) in [4.78, 5) is 4.85. The minimum atomic E-state index is 0.589. The SMILES string of the molecule is [Se]=CC1=CC=CC(C=[Se])[Se]1. The van der Waals surface area contributed by atoms with Crippen molar-refractivity contribution in [2.24, 2.45) is 0 Å². The molecule has 3 heteroatoms. The summed E-state index contributed by atoms with van der Waals surface area (Å²) in [6.07, 6.45) is 6.51. The normalized spacial score (nSPS) is 23.6. The Kier molecular flexibility index (Phi) is 4.09. The molecule has 0 bridgehead atoms. The third kappa shape index (κ3) is 2.43. The van der Waals surface area contributed by atoms with Gasteiger partial charge in [0.05, 0.1) is 0 Å². The van der Waals surface area contributed by atoms with Gasteiger partial charge in [0.15, 0.2) is 0 Å². The summed E-state index contributed by atoms with van der Waals surface area (Å²) in [5.41, 5.74) is 0. The zero-order valence-electron chi connectivity index (χ0n) is 5.19. The Balaban J connectivity index is 2.66. The Labute approximate surface area is 83.0 Å². The van der Waals surface area contributed by atoms with E-state index in [1.165, 1.54) is 4.47 Å². The van der Waals surface area contributed by atoms with Crippen LogP contribution in [-0.2, 0) is 0 Å². The number of rotatable bonds is 2. The summed E-state index contributed by atoms with van der Waals surface area (Å²) in [6, 6.07) is 0. The number of hydrogen-bond acceptors (Lipinski definition) is 0. The van der Waals surface area contributed by atoms with Gasteiger partial charge in [0.2, 0.25) is 0 Å². The van der Waals surface area contributed by atoms with Crippen LogP contribution in [-0.4, -0.2) is 55.9 Å². The molecule has 0 aromatic carbocycles. The van der Waals surface area contributed by atoms with Gasteiger partial charge in [0.25, 0.3) is 0 Å². The van der Waals surface area contributed by atoms with Crippen LogP contribution in [0.5, 0.6) is 0 Å². The van der Waals surface area contributed by atoms with Crippen molar-refractivity contribution in [2.45, 2.75) is 4.82 Å². The van der Waals surface area contributed by atoms with E-state index in [2.05, 4.69) is 59.2 Å². The predicted molar refractivity (Wildman–Crippen MR) is 50.4 cm³/mol. The molecule has 0 saturated heterocycles. The predicted octanol–water partition coefficient (Wildman–Crippen LogP) is -0.126. The van der Waals surface area contributed by atoms with Gasteiger partial charge in [-0.15, -0.1) is 0 Å². The molecule has 0 N–H and O–H groups in total. The fourth-order valence-corrected chi connectivity index (χ4v) is 3.78. The second-order valence-corrected chi connectivity index (χ2v) is 5.48. The van der Waals surface area contributed by atoms with E-state index in [0.717, 1.165) is 0 Å². The molecule has 0 aromatic heterocycles. The van der Waals surface area contributed by atoms with Crippen LogP contribution in [0.25, 0.3) is 0 Å². The maximum atomic E-state index is 2.95. The molecule has 0 radical (unpaired) electrons. The molecule has 0 fully saturated rings. The summed E-state index contributed by atoms with van der Waals surface area (Å²) >= 11 is 6.46. The first-order valence-electron chi connectivity index (χ1n) is 2.82. The van der Waals surface area contributed by atoms with Gasteiger partial charge in [-0.3, -0.25) is 0 Å². The van der Waals surface area contributed by atoms with E-state index in [0.29, 0.717) is 19.8 Å². The molecule has 1 aliphatic rings. The van der Waals surface area contributed by atoms with Gasteiger partial charge in [0, 0.05) is 0 Å². The summed E-state index contributed by atoms with van der Waals surface area (Å²) in [5.74, 6) is 0. The zero-order chi connectivity index (χ0) is 7.40. The van der Waals surface area contributed by atoms with Crippen molar-refractivity contribution >= 4 is 55.9 Å². The van der Waals surface area contributed by atoms with Gasteiger partial charge in [-0.1, -0.05) is 0 Å². The van der Waals surface area contributed by atoms with Gasteiger partial charge < -0.3 is 0 Å². The fourth-order valence-electron chi connectivity index (χ4n) is 0.636. The van der Waals surface area contributed by atoms with Crippen LogP contribution in [0.2, 0.25) is 4.82 Å². The first kappa shape index (κ1) is 8.87. The molecule has 10 heavy (non-hydrogen) atoms. The topological polar surface area (TPSA) is 0 Å². The molecule has 0 saturated carbocycles. The summed E-state index contributed by atoms with van der Waals surface area (Å²) in [6.45, 7) is 0. The van der Waals surface area contributed by atoms with Crippen molar-refractivity contribution < 1.29 is 0 Å². The molecular formula is C7H6Se3. The van der Waals surface area contributed by atoms with E-state index in [1.807, 2.05) is 0 Å².